The Hall–Kier alpha value is -2.18. The van der Waals surface area contributed by atoms with E-state index in [-0.39, 0.29) is 17.6 Å². The number of H-pyrrole nitrogens is 1. The summed E-state index contributed by atoms with van der Waals surface area (Å²) in [7, 11) is 0. The Labute approximate surface area is 140 Å². The number of rotatable bonds is 7. The van der Waals surface area contributed by atoms with Crippen molar-refractivity contribution >= 4 is 16.8 Å². The van der Waals surface area contributed by atoms with Crippen LogP contribution in [0.5, 0.6) is 0 Å². The highest BCUT2D eigenvalue weighted by Crippen LogP contribution is 2.14. The van der Waals surface area contributed by atoms with Crippen LogP contribution in [-0.2, 0) is 9.47 Å². The number of hydrogen-bond donors (Lipinski definition) is 2. The van der Waals surface area contributed by atoms with Crippen LogP contribution in [-0.4, -0.2) is 43.4 Å². The summed E-state index contributed by atoms with van der Waals surface area (Å²) in [5.74, 6) is -0.239. The number of pyridine rings is 1. The summed E-state index contributed by atoms with van der Waals surface area (Å²) in [6.07, 6.45) is 3.11. The SMILES string of the molecule is O=C(NCCCOCC1CCCO1)c1cc(=O)[nH]c2ccccc12. The van der Waals surface area contributed by atoms with E-state index in [1.54, 1.807) is 6.07 Å². The monoisotopic (exact) mass is 330 g/mol. The van der Waals surface area contributed by atoms with Gasteiger partial charge in [-0.2, -0.15) is 0 Å². The standard InChI is InChI=1S/C18H22N2O4/c21-17-11-15(14-6-1-2-7-16(14)20-17)18(22)19-8-4-9-23-12-13-5-3-10-24-13/h1-2,6-7,11,13H,3-5,8-10,12H2,(H,19,22)(H,20,21). The Morgan fingerprint density at radius 3 is 3.08 bits per heavy atom. The molecule has 0 bridgehead atoms. The van der Waals surface area contributed by atoms with Crippen molar-refractivity contribution in [2.24, 2.45) is 0 Å². The third-order valence-corrected chi connectivity index (χ3v) is 4.07. The van der Waals surface area contributed by atoms with Crippen LogP contribution in [0.15, 0.2) is 35.1 Å². The topological polar surface area (TPSA) is 80.4 Å². The van der Waals surface area contributed by atoms with Crippen molar-refractivity contribution in [1.82, 2.24) is 10.3 Å². The summed E-state index contributed by atoms with van der Waals surface area (Å²) in [6.45, 7) is 2.53. The van der Waals surface area contributed by atoms with Gasteiger partial charge >= 0.3 is 0 Å². The van der Waals surface area contributed by atoms with Crippen molar-refractivity contribution < 1.29 is 14.3 Å². The fourth-order valence-electron chi connectivity index (χ4n) is 2.85. The minimum absolute atomic E-state index is 0.224. The van der Waals surface area contributed by atoms with E-state index in [2.05, 4.69) is 10.3 Å². The fraction of sp³-hybridized carbons (Fsp3) is 0.444. The van der Waals surface area contributed by atoms with Crippen LogP contribution in [0, 0.1) is 0 Å². The molecule has 2 N–H and O–H groups in total. The molecule has 1 aliphatic heterocycles. The van der Waals surface area contributed by atoms with Crippen LogP contribution in [0.4, 0.5) is 0 Å². The zero-order chi connectivity index (χ0) is 16.8. The number of benzene rings is 1. The first kappa shape index (κ1) is 16.7. The molecule has 1 amide bonds. The number of fused-ring (bicyclic) bond motifs is 1. The zero-order valence-electron chi connectivity index (χ0n) is 13.5. The molecule has 1 atom stereocenters. The van der Waals surface area contributed by atoms with E-state index in [1.807, 2.05) is 18.2 Å². The van der Waals surface area contributed by atoms with Crippen LogP contribution in [0.2, 0.25) is 0 Å². The molecule has 1 saturated heterocycles. The lowest BCUT2D eigenvalue weighted by Gasteiger charge is -2.10. The van der Waals surface area contributed by atoms with Crippen molar-refractivity contribution in [1.29, 1.82) is 0 Å². The van der Waals surface area contributed by atoms with Gasteiger partial charge in [0.15, 0.2) is 0 Å². The number of amides is 1. The van der Waals surface area contributed by atoms with Crippen LogP contribution in [0.25, 0.3) is 10.9 Å². The third-order valence-electron chi connectivity index (χ3n) is 4.07. The Balaban J connectivity index is 1.47. The third kappa shape index (κ3) is 4.21. The van der Waals surface area contributed by atoms with Crippen molar-refractivity contribution in [3.8, 4) is 0 Å². The predicted octanol–water partition coefficient (Wildman–Crippen LogP) is 1.84. The molecular weight excluding hydrogens is 308 g/mol. The maximum Gasteiger partial charge on any atom is 0.252 e. The molecule has 2 heterocycles. The summed E-state index contributed by atoms with van der Waals surface area (Å²) < 4.78 is 11.0. The molecule has 0 saturated carbocycles. The minimum Gasteiger partial charge on any atom is -0.379 e. The molecule has 3 rings (SSSR count). The van der Waals surface area contributed by atoms with E-state index in [9.17, 15) is 9.59 Å². The van der Waals surface area contributed by atoms with E-state index >= 15 is 0 Å². The lowest BCUT2D eigenvalue weighted by atomic mass is 10.1. The molecule has 6 nitrogen and oxygen atoms in total. The largest absolute Gasteiger partial charge is 0.379 e. The average molecular weight is 330 g/mol. The van der Waals surface area contributed by atoms with Gasteiger partial charge in [-0.05, 0) is 25.3 Å². The molecule has 1 unspecified atom stereocenters. The number of nitrogens with one attached hydrogen (secondary N) is 2. The molecule has 0 aliphatic carbocycles. The maximum atomic E-state index is 12.3. The van der Waals surface area contributed by atoms with Crippen molar-refractivity contribution in [2.75, 3.05) is 26.4 Å². The van der Waals surface area contributed by atoms with Gasteiger partial charge in [0.1, 0.15) is 0 Å². The van der Waals surface area contributed by atoms with Gasteiger partial charge in [0.2, 0.25) is 5.56 Å². The number of hydrogen-bond acceptors (Lipinski definition) is 4. The van der Waals surface area contributed by atoms with Crippen LogP contribution in [0.3, 0.4) is 0 Å². The Bertz CT molecular complexity index is 750. The molecule has 0 radical (unpaired) electrons. The van der Waals surface area contributed by atoms with Crippen molar-refractivity contribution in [3.63, 3.8) is 0 Å². The Kier molecular flexibility index (Phi) is 5.61. The smallest absolute Gasteiger partial charge is 0.252 e. The average Bonchev–Trinajstić information content (AvgIpc) is 3.10. The molecule has 24 heavy (non-hydrogen) atoms. The van der Waals surface area contributed by atoms with E-state index in [4.69, 9.17) is 9.47 Å². The second-order valence-electron chi connectivity index (χ2n) is 5.91. The first-order valence-electron chi connectivity index (χ1n) is 8.33. The van der Waals surface area contributed by atoms with Gasteiger partial charge in [0.25, 0.3) is 5.91 Å². The van der Waals surface area contributed by atoms with Crippen LogP contribution < -0.4 is 10.9 Å². The van der Waals surface area contributed by atoms with Gasteiger partial charge in [-0.25, -0.2) is 0 Å². The number of aromatic nitrogens is 1. The lowest BCUT2D eigenvalue weighted by Crippen LogP contribution is -2.27. The fourth-order valence-corrected chi connectivity index (χ4v) is 2.85. The van der Waals surface area contributed by atoms with Crippen LogP contribution >= 0.6 is 0 Å². The molecule has 128 valence electrons. The number of carbonyl (C=O) groups is 1. The molecule has 1 aromatic carbocycles. The second-order valence-corrected chi connectivity index (χ2v) is 5.91. The summed E-state index contributed by atoms with van der Waals surface area (Å²) in [5, 5.41) is 3.58. The molecule has 6 heteroatoms. The van der Waals surface area contributed by atoms with Gasteiger partial charge in [0, 0.05) is 36.7 Å². The highest BCUT2D eigenvalue weighted by molar-refractivity contribution is 6.05. The first-order valence-corrected chi connectivity index (χ1v) is 8.33. The summed E-state index contributed by atoms with van der Waals surface area (Å²) in [6, 6.07) is 8.62. The highest BCUT2D eigenvalue weighted by atomic mass is 16.5. The molecule has 0 spiro atoms. The number of para-hydroxylation sites is 1. The molecule has 1 aromatic heterocycles. The summed E-state index contributed by atoms with van der Waals surface area (Å²) >= 11 is 0. The maximum absolute atomic E-state index is 12.3. The number of aromatic amines is 1. The number of ether oxygens (including phenoxy) is 2. The quantitative estimate of drug-likeness (QED) is 0.759. The van der Waals surface area contributed by atoms with Gasteiger partial charge in [-0.15, -0.1) is 0 Å². The summed E-state index contributed by atoms with van der Waals surface area (Å²) in [5.41, 5.74) is 0.781. The van der Waals surface area contributed by atoms with Crippen LogP contribution in [0.1, 0.15) is 29.6 Å². The second kappa shape index (κ2) is 8.08. The zero-order valence-corrected chi connectivity index (χ0v) is 13.5. The highest BCUT2D eigenvalue weighted by Gasteiger charge is 2.15. The van der Waals surface area contributed by atoms with Gasteiger partial charge in [-0.1, -0.05) is 18.2 Å². The minimum atomic E-state index is -0.279. The van der Waals surface area contributed by atoms with Gasteiger partial charge in [-0.3, -0.25) is 9.59 Å². The molecule has 1 fully saturated rings. The van der Waals surface area contributed by atoms with E-state index < -0.39 is 0 Å². The van der Waals surface area contributed by atoms with E-state index in [0.29, 0.717) is 30.8 Å². The van der Waals surface area contributed by atoms with E-state index in [1.165, 1.54) is 6.07 Å². The first-order chi connectivity index (χ1) is 11.7. The number of carbonyl (C=O) groups excluding carboxylic acids is 1. The van der Waals surface area contributed by atoms with Crippen molar-refractivity contribution in [3.05, 3.63) is 46.2 Å². The van der Waals surface area contributed by atoms with Crippen molar-refractivity contribution in [2.45, 2.75) is 25.4 Å². The van der Waals surface area contributed by atoms with Gasteiger partial charge in [0.05, 0.1) is 18.3 Å². The van der Waals surface area contributed by atoms with Gasteiger partial charge < -0.3 is 19.8 Å². The molecular formula is C18H22N2O4. The lowest BCUT2D eigenvalue weighted by molar-refractivity contribution is 0.0166. The Morgan fingerprint density at radius 2 is 2.25 bits per heavy atom. The van der Waals surface area contributed by atoms with E-state index in [0.717, 1.165) is 31.3 Å². The Morgan fingerprint density at radius 1 is 1.38 bits per heavy atom. The normalized spacial score (nSPS) is 17.2. The molecule has 2 aromatic rings. The molecule has 1 aliphatic rings. The predicted molar refractivity (Wildman–Crippen MR) is 91.3 cm³/mol. The summed E-state index contributed by atoms with van der Waals surface area (Å²) in [4.78, 5) is 26.7.